The van der Waals surface area contributed by atoms with Crippen LogP contribution < -0.4 is 0 Å². The molecule has 1 aromatic heterocycles. The maximum atomic E-state index is 12.0. The van der Waals surface area contributed by atoms with Crippen molar-refractivity contribution >= 4 is 5.78 Å². The summed E-state index contributed by atoms with van der Waals surface area (Å²) in [7, 11) is 0. The van der Waals surface area contributed by atoms with E-state index < -0.39 is 0 Å². The van der Waals surface area contributed by atoms with Gasteiger partial charge in [-0.05, 0) is 25.0 Å². The number of ether oxygens (including phenoxy) is 1. The lowest BCUT2D eigenvalue weighted by Gasteiger charge is -2.19. The van der Waals surface area contributed by atoms with Gasteiger partial charge in [-0.1, -0.05) is 6.92 Å². The maximum absolute atomic E-state index is 12.0. The van der Waals surface area contributed by atoms with Crippen molar-refractivity contribution in [2.24, 2.45) is 5.92 Å². The number of aryl methyl sites for hydroxylation is 1. The monoisotopic (exact) mass is 208 g/mol. The van der Waals surface area contributed by atoms with Gasteiger partial charge in [0.15, 0.2) is 5.76 Å². The molecule has 0 radical (unpaired) electrons. The molecule has 15 heavy (non-hydrogen) atoms. The lowest BCUT2D eigenvalue weighted by Crippen LogP contribution is -2.23. The minimum Gasteiger partial charge on any atom is -0.458 e. The number of hydrogen-bond donors (Lipinski definition) is 0. The number of hydrogen-bond acceptors (Lipinski definition) is 3. The Balaban J connectivity index is 2.05. The van der Waals surface area contributed by atoms with Crippen molar-refractivity contribution in [3.8, 4) is 0 Å². The van der Waals surface area contributed by atoms with Crippen LogP contribution in [0.4, 0.5) is 0 Å². The first kappa shape index (κ1) is 10.4. The summed E-state index contributed by atoms with van der Waals surface area (Å²) in [6, 6.07) is 3.67. The highest BCUT2D eigenvalue weighted by molar-refractivity contribution is 5.95. The number of carbonyl (C=O) groups is 1. The van der Waals surface area contributed by atoms with Crippen molar-refractivity contribution in [1.29, 1.82) is 0 Å². The van der Waals surface area contributed by atoms with Crippen molar-refractivity contribution in [1.82, 2.24) is 0 Å². The summed E-state index contributed by atoms with van der Waals surface area (Å²) in [6.45, 7) is 3.40. The van der Waals surface area contributed by atoms with Gasteiger partial charge in [0, 0.05) is 25.6 Å². The first-order chi connectivity index (χ1) is 7.31. The molecular formula is C12H16O3. The Morgan fingerprint density at radius 1 is 1.40 bits per heavy atom. The van der Waals surface area contributed by atoms with Crippen molar-refractivity contribution in [2.45, 2.75) is 26.2 Å². The Bertz CT molecular complexity index is 334. The first-order valence-electron chi connectivity index (χ1n) is 5.52. The third-order valence-corrected chi connectivity index (χ3v) is 2.85. The maximum Gasteiger partial charge on any atom is 0.201 e. The zero-order valence-corrected chi connectivity index (χ0v) is 8.99. The lowest BCUT2D eigenvalue weighted by atomic mass is 9.94. The molecule has 0 aromatic carbocycles. The van der Waals surface area contributed by atoms with Crippen molar-refractivity contribution in [3.05, 3.63) is 23.7 Å². The van der Waals surface area contributed by atoms with Crippen LogP contribution in [0.15, 0.2) is 16.5 Å². The Labute approximate surface area is 89.4 Å². The van der Waals surface area contributed by atoms with Gasteiger partial charge < -0.3 is 9.15 Å². The molecule has 1 aliphatic rings. The van der Waals surface area contributed by atoms with E-state index >= 15 is 0 Å². The van der Waals surface area contributed by atoms with Crippen molar-refractivity contribution in [2.75, 3.05) is 13.2 Å². The highest BCUT2D eigenvalue weighted by atomic mass is 16.5. The van der Waals surface area contributed by atoms with Gasteiger partial charge in [-0.3, -0.25) is 4.79 Å². The largest absolute Gasteiger partial charge is 0.458 e. The molecule has 0 bridgehead atoms. The van der Waals surface area contributed by atoms with Gasteiger partial charge in [0.2, 0.25) is 5.78 Å². The summed E-state index contributed by atoms with van der Waals surface area (Å²) >= 11 is 0. The number of furan rings is 1. The van der Waals surface area contributed by atoms with Gasteiger partial charge in [0.05, 0.1) is 0 Å². The molecule has 0 N–H and O–H groups in total. The molecule has 82 valence electrons. The quantitative estimate of drug-likeness (QED) is 0.716. The van der Waals surface area contributed by atoms with Crippen LogP contribution in [0.2, 0.25) is 0 Å². The average molecular weight is 208 g/mol. The molecule has 1 aromatic rings. The second-order valence-electron chi connectivity index (χ2n) is 3.87. The van der Waals surface area contributed by atoms with Crippen LogP contribution in [0.3, 0.4) is 0 Å². The van der Waals surface area contributed by atoms with Crippen LogP contribution in [0, 0.1) is 5.92 Å². The third-order valence-electron chi connectivity index (χ3n) is 2.85. The van der Waals surface area contributed by atoms with E-state index in [2.05, 4.69) is 0 Å². The minimum absolute atomic E-state index is 0.0922. The predicted octanol–water partition coefficient (Wildman–Crippen LogP) is 2.45. The summed E-state index contributed by atoms with van der Waals surface area (Å²) in [6.07, 6.45) is 2.48. The molecule has 2 heterocycles. The van der Waals surface area contributed by atoms with E-state index in [9.17, 15) is 4.79 Å². The summed E-state index contributed by atoms with van der Waals surface area (Å²) < 4.78 is 10.7. The lowest BCUT2D eigenvalue weighted by molar-refractivity contribution is 0.0526. The van der Waals surface area contributed by atoms with Gasteiger partial charge in [-0.25, -0.2) is 0 Å². The summed E-state index contributed by atoms with van der Waals surface area (Å²) in [5.74, 6) is 1.62. The summed E-state index contributed by atoms with van der Waals surface area (Å²) in [5.41, 5.74) is 0. The molecule has 3 nitrogen and oxygen atoms in total. The average Bonchev–Trinajstić information content (AvgIpc) is 2.78. The van der Waals surface area contributed by atoms with Crippen LogP contribution in [0.5, 0.6) is 0 Å². The van der Waals surface area contributed by atoms with Gasteiger partial charge in [0.1, 0.15) is 5.76 Å². The predicted molar refractivity (Wildman–Crippen MR) is 56.0 cm³/mol. The van der Waals surface area contributed by atoms with E-state index in [1.807, 2.05) is 13.0 Å². The summed E-state index contributed by atoms with van der Waals surface area (Å²) in [4.78, 5) is 12.0. The zero-order valence-electron chi connectivity index (χ0n) is 8.99. The topological polar surface area (TPSA) is 39.4 Å². The van der Waals surface area contributed by atoms with E-state index in [-0.39, 0.29) is 11.7 Å². The molecule has 0 aliphatic carbocycles. The minimum atomic E-state index is 0.0922. The first-order valence-corrected chi connectivity index (χ1v) is 5.52. The van der Waals surface area contributed by atoms with Crippen molar-refractivity contribution in [3.63, 3.8) is 0 Å². The van der Waals surface area contributed by atoms with Crippen LogP contribution in [0.1, 0.15) is 36.1 Å². The van der Waals surface area contributed by atoms with Gasteiger partial charge in [-0.2, -0.15) is 0 Å². The fourth-order valence-electron chi connectivity index (χ4n) is 1.86. The fourth-order valence-corrected chi connectivity index (χ4v) is 1.86. The van der Waals surface area contributed by atoms with E-state index in [4.69, 9.17) is 9.15 Å². The number of ketones is 1. The zero-order chi connectivity index (χ0) is 10.7. The molecule has 1 saturated heterocycles. The van der Waals surface area contributed by atoms with Crippen LogP contribution in [0.25, 0.3) is 0 Å². The van der Waals surface area contributed by atoms with Crippen molar-refractivity contribution < 1.29 is 13.9 Å². The van der Waals surface area contributed by atoms with Gasteiger partial charge >= 0.3 is 0 Å². The summed E-state index contributed by atoms with van der Waals surface area (Å²) in [5, 5.41) is 0. The van der Waals surface area contributed by atoms with Gasteiger partial charge in [0.25, 0.3) is 0 Å². The van der Waals surface area contributed by atoms with Gasteiger partial charge in [-0.15, -0.1) is 0 Å². The van der Waals surface area contributed by atoms with Crippen LogP contribution in [-0.2, 0) is 11.2 Å². The molecule has 1 aliphatic heterocycles. The highest BCUT2D eigenvalue weighted by Crippen LogP contribution is 2.21. The number of carbonyl (C=O) groups excluding carboxylic acids is 1. The second kappa shape index (κ2) is 4.62. The number of Topliss-reactive ketones (excluding diaryl/α,β-unsaturated/α-hetero) is 1. The Hall–Kier alpha value is -1.09. The van der Waals surface area contributed by atoms with E-state index in [0.29, 0.717) is 19.0 Å². The Morgan fingerprint density at radius 3 is 2.73 bits per heavy atom. The number of rotatable bonds is 3. The van der Waals surface area contributed by atoms with Crippen LogP contribution >= 0.6 is 0 Å². The van der Waals surface area contributed by atoms with Crippen LogP contribution in [-0.4, -0.2) is 19.0 Å². The van der Waals surface area contributed by atoms with E-state index in [1.165, 1.54) is 0 Å². The molecule has 2 rings (SSSR count). The molecule has 0 spiro atoms. The molecule has 0 saturated carbocycles. The SMILES string of the molecule is CCc1ccc(C(=O)C2CCOCC2)o1. The highest BCUT2D eigenvalue weighted by Gasteiger charge is 2.24. The standard InChI is InChI=1S/C12H16O3/c1-2-10-3-4-11(15-10)12(13)9-5-7-14-8-6-9/h3-4,9H,2,5-8H2,1H3. The third kappa shape index (κ3) is 2.29. The molecule has 0 unspecified atom stereocenters. The molecular weight excluding hydrogens is 192 g/mol. The smallest absolute Gasteiger partial charge is 0.201 e. The second-order valence-corrected chi connectivity index (χ2v) is 3.87. The van der Waals surface area contributed by atoms with E-state index in [1.54, 1.807) is 6.07 Å². The molecule has 3 heteroatoms. The molecule has 1 fully saturated rings. The molecule has 0 atom stereocenters. The molecule has 0 amide bonds. The Morgan fingerprint density at radius 2 is 2.13 bits per heavy atom. The Kier molecular flexibility index (Phi) is 3.21. The normalized spacial score (nSPS) is 17.9. The fraction of sp³-hybridized carbons (Fsp3) is 0.583. The van der Waals surface area contributed by atoms with E-state index in [0.717, 1.165) is 25.0 Å².